The van der Waals surface area contributed by atoms with Gasteiger partial charge in [0.05, 0.1) is 6.54 Å². The summed E-state index contributed by atoms with van der Waals surface area (Å²) in [6.07, 6.45) is 1.84. The minimum absolute atomic E-state index is 0.0394. The maximum atomic E-state index is 11.7. The second kappa shape index (κ2) is 3.36. The monoisotopic (exact) mass is 184 g/mol. The fourth-order valence-corrected chi connectivity index (χ4v) is 1.69. The molecule has 0 aromatic heterocycles. The van der Waals surface area contributed by atoms with E-state index in [0.717, 1.165) is 12.8 Å². The fourth-order valence-electron chi connectivity index (χ4n) is 1.69. The summed E-state index contributed by atoms with van der Waals surface area (Å²) in [5.41, 5.74) is 4.72. The minimum atomic E-state index is -0.439. The highest BCUT2D eigenvalue weighted by atomic mass is 16.2. The smallest absolute Gasteiger partial charge is 0.237 e. The summed E-state index contributed by atoms with van der Waals surface area (Å²) in [7, 11) is 0. The number of nitrogens with two attached hydrogens (primary N) is 1. The first-order chi connectivity index (χ1) is 5.93. The number of carbonyl (C=O) groups excluding carboxylic acids is 2. The second-order valence-electron chi connectivity index (χ2n) is 4.18. The van der Waals surface area contributed by atoms with E-state index in [2.05, 4.69) is 0 Å². The molecule has 0 unspecified atom stereocenters. The van der Waals surface area contributed by atoms with E-state index in [0.29, 0.717) is 6.54 Å². The van der Waals surface area contributed by atoms with Crippen LogP contribution in [-0.4, -0.2) is 29.8 Å². The fraction of sp³-hybridized carbons (Fsp3) is 0.778. The summed E-state index contributed by atoms with van der Waals surface area (Å²) in [4.78, 5) is 23.9. The third-order valence-corrected chi connectivity index (χ3v) is 2.44. The first-order valence-electron chi connectivity index (χ1n) is 4.51. The molecule has 1 saturated heterocycles. The number of amides is 2. The van der Waals surface area contributed by atoms with Crippen LogP contribution in [0, 0.1) is 5.41 Å². The number of likely N-dealkylation sites (tertiary alicyclic amines) is 1. The van der Waals surface area contributed by atoms with Crippen LogP contribution in [0.3, 0.4) is 0 Å². The average Bonchev–Trinajstić information content (AvgIpc) is 1.98. The summed E-state index contributed by atoms with van der Waals surface area (Å²) in [5.74, 6) is -0.399. The van der Waals surface area contributed by atoms with Gasteiger partial charge < -0.3 is 10.6 Å². The molecular weight excluding hydrogens is 168 g/mol. The van der Waals surface area contributed by atoms with Crippen LogP contribution in [-0.2, 0) is 9.59 Å². The molecule has 0 spiro atoms. The molecular formula is C9H16N2O2. The normalized spacial score (nSPS) is 21.7. The molecule has 0 bridgehead atoms. The number of carbonyl (C=O) groups is 2. The van der Waals surface area contributed by atoms with Crippen molar-refractivity contribution in [2.75, 3.05) is 13.1 Å². The van der Waals surface area contributed by atoms with Crippen molar-refractivity contribution in [3.63, 3.8) is 0 Å². The number of hydrogen-bond acceptors (Lipinski definition) is 2. The molecule has 0 aromatic rings. The van der Waals surface area contributed by atoms with Gasteiger partial charge >= 0.3 is 0 Å². The van der Waals surface area contributed by atoms with E-state index in [1.165, 1.54) is 0 Å². The zero-order valence-electron chi connectivity index (χ0n) is 8.17. The van der Waals surface area contributed by atoms with Crippen molar-refractivity contribution in [2.24, 2.45) is 11.1 Å². The van der Waals surface area contributed by atoms with E-state index in [1.54, 1.807) is 4.90 Å². The van der Waals surface area contributed by atoms with Gasteiger partial charge in [0.2, 0.25) is 11.8 Å². The molecule has 0 radical (unpaired) electrons. The van der Waals surface area contributed by atoms with E-state index >= 15 is 0 Å². The molecule has 0 atom stereocenters. The lowest BCUT2D eigenvalue weighted by atomic mass is 9.83. The van der Waals surface area contributed by atoms with E-state index < -0.39 is 5.91 Å². The Balaban J connectivity index is 2.66. The van der Waals surface area contributed by atoms with Crippen molar-refractivity contribution in [1.82, 2.24) is 4.90 Å². The SMILES string of the molecule is CC1(C)CCCN(CC(N)=O)C1=O. The van der Waals surface area contributed by atoms with Gasteiger partial charge in [-0.25, -0.2) is 0 Å². The van der Waals surface area contributed by atoms with Crippen LogP contribution in [0.5, 0.6) is 0 Å². The molecule has 13 heavy (non-hydrogen) atoms. The van der Waals surface area contributed by atoms with E-state index in [9.17, 15) is 9.59 Å². The highest BCUT2D eigenvalue weighted by Gasteiger charge is 2.35. The predicted molar refractivity (Wildman–Crippen MR) is 48.8 cm³/mol. The van der Waals surface area contributed by atoms with Crippen molar-refractivity contribution in [3.05, 3.63) is 0 Å². The Hall–Kier alpha value is -1.06. The van der Waals surface area contributed by atoms with Gasteiger partial charge in [0, 0.05) is 12.0 Å². The maximum Gasteiger partial charge on any atom is 0.237 e. The van der Waals surface area contributed by atoms with Crippen LogP contribution >= 0.6 is 0 Å². The first kappa shape index (κ1) is 10.0. The Morgan fingerprint density at radius 1 is 1.62 bits per heavy atom. The van der Waals surface area contributed by atoms with Gasteiger partial charge in [-0.2, -0.15) is 0 Å². The van der Waals surface area contributed by atoms with E-state index in [4.69, 9.17) is 5.73 Å². The molecule has 2 amide bonds. The summed E-state index contributed by atoms with van der Waals surface area (Å²) in [5, 5.41) is 0. The molecule has 4 nitrogen and oxygen atoms in total. The molecule has 1 aliphatic rings. The van der Waals surface area contributed by atoms with Crippen molar-refractivity contribution in [3.8, 4) is 0 Å². The standard InChI is InChI=1S/C9H16N2O2/c1-9(2)4-3-5-11(8(9)13)6-7(10)12/h3-6H2,1-2H3,(H2,10,12). The van der Waals surface area contributed by atoms with Crippen LogP contribution < -0.4 is 5.73 Å². The van der Waals surface area contributed by atoms with Gasteiger partial charge in [-0.1, -0.05) is 13.8 Å². The molecule has 0 aliphatic carbocycles. The Kier molecular flexibility index (Phi) is 2.59. The zero-order valence-corrected chi connectivity index (χ0v) is 8.17. The highest BCUT2D eigenvalue weighted by Crippen LogP contribution is 2.29. The molecule has 1 rings (SSSR count). The van der Waals surface area contributed by atoms with E-state index in [1.807, 2.05) is 13.8 Å². The van der Waals surface area contributed by atoms with Crippen molar-refractivity contribution >= 4 is 11.8 Å². The molecule has 1 heterocycles. The minimum Gasteiger partial charge on any atom is -0.368 e. The molecule has 1 fully saturated rings. The number of rotatable bonds is 2. The summed E-state index contributed by atoms with van der Waals surface area (Å²) >= 11 is 0. The molecule has 74 valence electrons. The predicted octanol–water partition coefficient (Wildman–Crippen LogP) is 0.120. The van der Waals surface area contributed by atoms with Gasteiger partial charge in [-0.15, -0.1) is 0 Å². The lowest BCUT2D eigenvalue weighted by Crippen LogP contribution is -2.48. The Morgan fingerprint density at radius 3 is 2.77 bits per heavy atom. The van der Waals surface area contributed by atoms with Gasteiger partial charge in [-0.3, -0.25) is 9.59 Å². The summed E-state index contributed by atoms with van der Waals surface area (Å²) in [6, 6.07) is 0. The second-order valence-corrected chi connectivity index (χ2v) is 4.18. The molecule has 2 N–H and O–H groups in total. The molecule has 1 aliphatic heterocycles. The lowest BCUT2D eigenvalue weighted by molar-refractivity contribution is -0.146. The lowest BCUT2D eigenvalue weighted by Gasteiger charge is -2.36. The van der Waals surface area contributed by atoms with Crippen molar-refractivity contribution in [2.45, 2.75) is 26.7 Å². The molecule has 0 aromatic carbocycles. The van der Waals surface area contributed by atoms with Crippen LogP contribution in [0.25, 0.3) is 0 Å². The Bertz CT molecular complexity index is 236. The van der Waals surface area contributed by atoms with E-state index in [-0.39, 0.29) is 17.9 Å². The Labute approximate surface area is 78.1 Å². The van der Waals surface area contributed by atoms with Crippen molar-refractivity contribution in [1.29, 1.82) is 0 Å². The van der Waals surface area contributed by atoms with Crippen LogP contribution in [0.15, 0.2) is 0 Å². The number of hydrogen-bond donors (Lipinski definition) is 1. The van der Waals surface area contributed by atoms with Gasteiger partial charge in [0.1, 0.15) is 0 Å². The number of piperidine rings is 1. The number of primary amides is 1. The third-order valence-electron chi connectivity index (χ3n) is 2.44. The van der Waals surface area contributed by atoms with Crippen molar-refractivity contribution < 1.29 is 9.59 Å². The quantitative estimate of drug-likeness (QED) is 0.662. The first-order valence-corrected chi connectivity index (χ1v) is 4.51. The molecule has 4 heteroatoms. The van der Waals surface area contributed by atoms with Gasteiger partial charge in [0.15, 0.2) is 0 Å². The summed E-state index contributed by atoms with van der Waals surface area (Å²) in [6.45, 7) is 4.53. The zero-order chi connectivity index (χ0) is 10.1. The highest BCUT2D eigenvalue weighted by molar-refractivity contribution is 5.87. The van der Waals surface area contributed by atoms with Crippen LogP contribution in [0.4, 0.5) is 0 Å². The largest absolute Gasteiger partial charge is 0.368 e. The number of nitrogens with zero attached hydrogens (tertiary/aromatic N) is 1. The van der Waals surface area contributed by atoms with Crippen LogP contribution in [0.2, 0.25) is 0 Å². The van der Waals surface area contributed by atoms with Gasteiger partial charge in [-0.05, 0) is 12.8 Å². The molecule has 0 saturated carbocycles. The third kappa shape index (κ3) is 2.20. The van der Waals surface area contributed by atoms with Crippen LogP contribution in [0.1, 0.15) is 26.7 Å². The van der Waals surface area contributed by atoms with Gasteiger partial charge in [0.25, 0.3) is 0 Å². The topological polar surface area (TPSA) is 63.4 Å². The maximum absolute atomic E-state index is 11.7. The average molecular weight is 184 g/mol. The summed E-state index contributed by atoms with van der Waals surface area (Å²) < 4.78 is 0. The Morgan fingerprint density at radius 2 is 2.23 bits per heavy atom.